The molecule has 3 nitrogen and oxygen atoms in total. The predicted octanol–water partition coefficient (Wildman–Crippen LogP) is 2.62. The molecule has 0 aliphatic heterocycles. The van der Waals surface area contributed by atoms with Crippen molar-refractivity contribution in [1.29, 1.82) is 0 Å². The second-order valence-corrected chi connectivity index (χ2v) is 5.51. The van der Waals surface area contributed by atoms with Crippen molar-refractivity contribution < 1.29 is 0 Å². The Morgan fingerprint density at radius 3 is 2.53 bits per heavy atom. The first-order valence-corrected chi connectivity index (χ1v) is 6.39. The molecule has 0 aliphatic carbocycles. The number of pyridine rings is 1. The molecule has 0 aliphatic rings. The fourth-order valence-electron chi connectivity index (χ4n) is 1.74. The molecule has 90 valence electrons. The molecule has 2 rings (SSSR count). The number of rotatable bonds is 3. The first-order valence-electron chi connectivity index (χ1n) is 5.57. The van der Waals surface area contributed by atoms with Gasteiger partial charge < -0.3 is 0 Å². The van der Waals surface area contributed by atoms with Crippen LogP contribution in [0.1, 0.15) is 32.6 Å². The fourth-order valence-corrected chi connectivity index (χ4v) is 2.87. The van der Waals surface area contributed by atoms with Crippen molar-refractivity contribution in [3.63, 3.8) is 0 Å². The van der Waals surface area contributed by atoms with E-state index in [1.165, 1.54) is 15.3 Å². The van der Waals surface area contributed by atoms with Crippen molar-refractivity contribution in [1.82, 2.24) is 10.4 Å². The van der Waals surface area contributed by atoms with Crippen LogP contribution in [0.25, 0.3) is 0 Å². The maximum Gasteiger partial charge on any atom is 0.0817 e. The topological polar surface area (TPSA) is 50.9 Å². The molecule has 0 spiro atoms. The minimum atomic E-state index is 0.0282. The van der Waals surface area contributed by atoms with Crippen LogP contribution in [-0.4, -0.2) is 4.98 Å². The van der Waals surface area contributed by atoms with E-state index in [-0.39, 0.29) is 6.04 Å². The number of aromatic nitrogens is 1. The van der Waals surface area contributed by atoms with Crippen LogP contribution in [0.15, 0.2) is 24.4 Å². The Balaban J connectivity index is 2.36. The minimum Gasteiger partial charge on any atom is -0.271 e. The third-order valence-corrected chi connectivity index (χ3v) is 4.12. The van der Waals surface area contributed by atoms with Gasteiger partial charge in [-0.3, -0.25) is 10.8 Å². The van der Waals surface area contributed by atoms with Crippen molar-refractivity contribution in [3.8, 4) is 0 Å². The van der Waals surface area contributed by atoms with Gasteiger partial charge >= 0.3 is 0 Å². The molecule has 0 fully saturated rings. The zero-order chi connectivity index (χ0) is 12.4. The van der Waals surface area contributed by atoms with Crippen LogP contribution in [0.5, 0.6) is 0 Å². The SMILES string of the molecule is Cc1ccc(C(NN)c2cc(C)c(C)s2)cn1. The average Bonchev–Trinajstić information content (AvgIpc) is 2.63. The lowest BCUT2D eigenvalue weighted by molar-refractivity contribution is 0.643. The Kier molecular flexibility index (Phi) is 3.57. The van der Waals surface area contributed by atoms with Crippen LogP contribution in [0.4, 0.5) is 0 Å². The smallest absolute Gasteiger partial charge is 0.0817 e. The van der Waals surface area contributed by atoms with E-state index < -0.39 is 0 Å². The van der Waals surface area contributed by atoms with Gasteiger partial charge in [0.2, 0.25) is 0 Å². The number of nitrogens with one attached hydrogen (secondary N) is 1. The molecule has 1 unspecified atom stereocenters. The number of hydrogen-bond acceptors (Lipinski definition) is 4. The average molecular weight is 247 g/mol. The summed E-state index contributed by atoms with van der Waals surface area (Å²) < 4.78 is 0. The second kappa shape index (κ2) is 4.96. The van der Waals surface area contributed by atoms with Gasteiger partial charge in [0.15, 0.2) is 0 Å². The van der Waals surface area contributed by atoms with Gasteiger partial charge in [0, 0.05) is 21.6 Å². The van der Waals surface area contributed by atoms with E-state index in [1.54, 1.807) is 11.3 Å². The molecular formula is C13H17N3S. The third-order valence-electron chi connectivity index (χ3n) is 2.90. The number of hydrazine groups is 1. The number of nitrogens with two attached hydrogens (primary N) is 1. The fraction of sp³-hybridized carbons (Fsp3) is 0.308. The molecule has 1 atom stereocenters. The lowest BCUT2D eigenvalue weighted by Gasteiger charge is -2.14. The summed E-state index contributed by atoms with van der Waals surface area (Å²) in [5.41, 5.74) is 6.29. The van der Waals surface area contributed by atoms with Crippen LogP contribution in [-0.2, 0) is 0 Å². The summed E-state index contributed by atoms with van der Waals surface area (Å²) in [6.07, 6.45) is 1.88. The molecule has 0 radical (unpaired) electrons. The zero-order valence-corrected chi connectivity index (χ0v) is 11.1. The van der Waals surface area contributed by atoms with Gasteiger partial charge in [-0.15, -0.1) is 11.3 Å². The lowest BCUT2D eigenvalue weighted by atomic mass is 10.1. The highest BCUT2D eigenvalue weighted by Gasteiger charge is 2.15. The number of thiophene rings is 1. The first-order chi connectivity index (χ1) is 8.11. The van der Waals surface area contributed by atoms with Gasteiger partial charge in [0.1, 0.15) is 0 Å². The Bertz CT molecular complexity index is 482. The Morgan fingerprint density at radius 1 is 1.29 bits per heavy atom. The Hall–Kier alpha value is -1.23. The minimum absolute atomic E-state index is 0.0282. The maximum atomic E-state index is 5.66. The molecule has 4 heteroatoms. The Labute approximate surface area is 106 Å². The van der Waals surface area contributed by atoms with Gasteiger partial charge in [-0.25, -0.2) is 5.43 Å². The summed E-state index contributed by atoms with van der Waals surface area (Å²) in [6, 6.07) is 6.29. The largest absolute Gasteiger partial charge is 0.271 e. The monoisotopic (exact) mass is 247 g/mol. The molecular weight excluding hydrogens is 230 g/mol. The lowest BCUT2D eigenvalue weighted by Crippen LogP contribution is -2.28. The molecule has 2 heterocycles. The summed E-state index contributed by atoms with van der Waals surface area (Å²) in [6.45, 7) is 6.23. The van der Waals surface area contributed by atoms with E-state index in [0.29, 0.717) is 0 Å². The van der Waals surface area contributed by atoms with E-state index in [1.807, 2.05) is 19.2 Å². The van der Waals surface area contributed by atoms with E-state index in [4.69, 9.17) is 5.84 Å². The van der Waals surface area contributed by atoms with Crippen molar-refractivity contribution in [2.24, 2.45) is 5.84 Å². The van der Waals surface area contributed by atoms with E-state index >= 15 is 0 Å². The molecule has 0 amide bonds. The van der Waals surface area contributed by atoms with E-state index in [9.17, 15) is 0 Å². The quantitative estimate of drug-likeness (QED) is 0.647. The van der Waals surface area contributed by atoms with E-state index in [0.717, 1.165) is 11.3 Å². The highest BCUT2D eigenvalue weighted by Crippen LogP contribution is 2.29. The van der Waals surface area contributed by atoms with Crippen molar-refractivity contribution in [2.45, 2.75) is 26.8 Å². The standard InChI is InChI=1S/C13H17N3S/c1-8-6-12(17-10(8)3)13(16-14)11-5-4-9(2)15-7-11/h4-7,13,16H,14H2,1-3H3. The summed E-state index contributed by atoms with van der Waals surface area (Å²) >= 11 is 1.78. The zero-order valence-electron chi connectivity index (χ0n) is 10.3. The van der Waals surface area contributed by atoms with Gasteiger partial charge in [0.25, 0.3) is 0 Å². The van der Waals surface area contributed by atoms with Crippen molar-refractivity contribution >= 4 is 11.3 Å². The highest BCUT2D eigenvalue weighted by molar-refractivity contribution is 7.12. The van der Waals surface area contributed by atoms with Gasteiger partial charge in [-0.05, 0) is 44.0 Å². The highest BCUT2D eigenvalue weighted by atomic mass is 32.1. The van der Waals surface area contributed by atoms with Gasteiger partial charge in [-0.2, -0.15) is 0 Å². The summed E-state index contributed by atoms with van der Waals surface area (Å²) in [4.78, 5) is 6.88. The Morgan fingerprint density at radius 2 is 2.06 bits per heavy atom. The molecule has 0 aromatic carbocycles. The molecule has 0 saturated carbocycles. The number of aryl methyl sites for hydroxylation is 3. The molecule has 0 bridgehead atoms. The first kappa shape index (κ1) is 12.2. The van der Waals surface area contributed by atoms with Crippen LogP contribution in [0, 0.1) is 20.8 Å². The van der Waals surface area contributed by atoms with Crippen LogP contribution < -0.4 is 11.3 Å². The van der Waals surface area contributed by atoms with Gasteiger partial charge in [0.05, 0.1) is 6.04 Å². The molecule has 0 saturated heterocycles. The third kappa shape index (κ3) is 2.54. The summed E-state index contributed by atoms with van der Waals surface area (Å²) in [7, 11) is 0. The molecule has 2 aromatic heterocycles. The number of hydrogen-bond donors (Lipinski definition) is 2. The molecule has 3 N–H and O–H groups in total. The normalized spacial score (nSPS) is 12.7. The molecule has 2 aromatic rings. The van der Waals surface area contributed by atoms with Gasteiger partial charge in [-0.1, -0.05) is 6.07 Å². The van der Waals surface area contributed by atoms with Crippen LogP contribution in [0.3, 0.4) is 0 Å². The van der Waals surface area contributed by atoms with Crippen molar-refractivity contribution in [2.75, 3.05) is 0 Å². The van der Waals surface area contributed by atoms with Crippen molar-refractivity contribution in [3.05, 3.63) is 51.0 Å². The van der Waals surface area contributed by atoms with Crippen LogP contribution >= 0.6 is 11.3 Å². The predicted molar refractivity (Wildman–Crippen MR) is 71.9 cm³/mol. The van der Waals surface area contributed by atoms with E-state index in [2.05, 4.69) is 36.4 Å². The maximum absolute atomic E-state index is 5.66. The number of nitrogens with zero attached hydrogens (tertiary/aromatic N) is 1. The van der Waals surface area contributed by atoms with Crippen LogP contribution in [0.2, 0.25) is 0 Å². The molecule has 17 heavy (non-hydrogen) atoms. The second-order valence-electron chi connectivity index (χ2n) is 4.22. The summed E-state index contributed by atoms with van der Waals surface area (Å²) in [5.74, 6) is 5.66. The summed E-state index contributed by atoms with van der Waals surface area (Å²) in [5, 5.41) is 0.